The van der Waals surface area contributed by atoms with E-state index in [2.05, 4.69) is 16.0 Å². The van der Waals surface area contributed by atoms with Crippen molar-refractivity contribution >= 4 is 29.1 Å². The topological polar surface area (TPSA) is 104 Å². The zero-order valence-corrected chi connectivity index (χ0v) is 13.5. The maximum absolute atomic E-state index is 12.2. The minimum atomic E-state index is -0.567. The van der Waals surface area contributed by atoms with Crippen molar-refractivity contribution in [1.29, 1.82) is 0 Å². The Balaban J connectivity index is 1.68. The van der Waals surface area contributed by atoms with Crippen molar-refractivity contribution in [3.63, 3.8) is 0 Å². The number of nitrogens with one attached hydrogen (secondary N) is 2. The van der Waals surface area contributed by atoms with Crippen LogP contribution in [-0.4, -0.2) is 23.4 Å². The van der Waals surface area contributed by atoms with E-state index < -0.39 is 11.8 Å². The predicted molar refractivity (Wildman–Crippen MR) is 89.7 cm³/mol. The molecule has 0 saturated carbocycles. The molecule has 3 amide bonds. The second-order valence-electron chi connectivity index (χ2n) is 5.39. The molecule has 1 aliphatic heterocycles. The van der Waals surface area contributed by atoms with Gasteiger partial charge in [-0.2, -0.15) is 5.10 Å². The number of nitrogens with zero attached hydrogens (tertiary/aromatic N) is 2. The highest BCUT2D eigenvalue weighted by Gasteiger charge is 2.25. The summed E-state index contributed by atoms with van der Waals surface area (Å²) in [5.74, 6) is -0.807. The van der Waals surface area contributed by atoms with Crippen molar-refractivity contribution in [3.8, 4) is 0 Å². The molecule has 0 unspecified atom stereocenters. The quantitative estimate of drug-likeness (QED) is 0.827. The number of hydrogen-bond acceptors (Lipinski definition) is 5. The average molecular weight is 340 g/mol. The minimum Gasteiger partial charge on any atom is -0.469 e. The highest BCUT2D eigenvalue weighted by Crippen LogP contribution is 2.19. The largest absolute Gasteiger partial charge is 0.469 e. The molecule has 3 rings (SSSR count). The van der Waals surface area contributed by atoms with Gasteiger partial charge >= 0.3 is 0 Å². The molecular weight excluding hydrogens is 324 g/mol. The number of hydrogen-bond donors (Lipinski definition) is 2. The second kappa shape index (κ2) is 7.00. The molecule has 128 valence electrons. The van der Waals surface area contributed by atoms with Crippen molar-refractivity contribution in [1.82, 2.24) is 10.9 Å². The molecule has 1 aromatic heterocycles. The molecule has 2 N–H and O–H groups in total. The van der Waals surface area contributed by atoms with Gasteiger partial charge in [0, 0.05) is 12.8 Å². The molecule has 2 heterocycles. The van der Waals surface area contributed by atoms with Crippen LogP contribution in [0.25, 0.3) is 0 Å². The van der Waals surface area contributed by atoms with Gasteiger partial charge in [-0.25, -0.2) is 5.01 Å². The van der Waals surface area contributed by atoms with Gasteiger partial charge < -0.3 is 4.42 Å². The summed E-state index contributed by atoms with van der Waals surface area (Å²) in [7, 11) is 0. The summed E-state index contributed by atoms with van der Waals surface area (Å²) in [5, 5.41) is 5.30. The lowest BCUT2D eigenvalue weighted by Gasteiger charge is -2.23. The summed E-state index contributed by atoms with van der Waals surface area (Å²) in [4.78, 5) is 36.2. The highest BCUT2D eigenvalue weighted by molar-refractivity contribution is 6.40. The Hall–Kier alpha value is -3.42. The molecule has 0 radical (unpaired) electrons. The van der Waals surface area contributed by atoms with E-state index in [1.807, 2.05) is 6.07 Å². The first-order chi connectivity index (χ1) is 12.1. The van der Waals surface area contributed by atoms with E-state index >= 15 is 0 Å². The first-order valence-corrected chi connectivity index (χ1v) is 7.66. The lowest BCUT2D eigenvalue weighted by molar-refractivity contribution is -0.119. The first kappa shape index (κ1) is 16.4. The van der Waals surface area contributed by atoms with Gasteiger partial charge in [0.15, 0.2) is 0 Å². The standard InChI is InChI=1S/C17H16N4O4/c1-11-13(9-10-25-11)16(23)18-19-17(24)14-7-8-15(22)21(20-14)12-5-3-2-4-6-12/h2-6,9-10H,7-8H2,1H3,(H,18,23)(H,19,24). The maximum Gasteiger partial charge on any atom is 0.285 e. The third kappa shape index (κ3) is 3.57. The van der Waals surface area contributed by atoms with Crippen molar-refractivity contribution < 1.29 is 18.8 Å². The van der Waals surface area contributed by atoms with Gasteiger partial charge in [-0.1, -0.05) is 18.2 Å². The Morgan fingerprint density at radius 3 is 2.48 bits per heavy atom. The van der Waals surface area contributed by atoms with E-state index in [-0.39, 0.29) is 24.5 Å². The van der Waals surface area contributed by atoms with Crippen LogP contribution in [0.4, 0.5) is 5.69 Å². The smallest absolute Gasteiger partial charge is 0.285 e. The SMILES string of the molecule is Cc1occc1C(=O)NNC(=O)C1=NN(c2ccccc2)C(=O)CC1. The molecule has 2 aromatic rings. The van der Waals surface area contributed by atoms with Crippen LogP contribution in [-0.2, 0) is 9.59 Å². The Kier molecular flexibility index (Phi) is 4.60. The van der Waals surface area contributed by atoms with Crippen molar-refractivity contribution in [3.05, 3.63) is 54.0 Å². The van der Waals surface area contributed by atoms with Crippen LogP contribution in [0.3, 0.4) is 0 Å². The summed E-state index contributed by atoms with van der Waals surface area (Å²) >= 11 is 0. The molecule has 1 aromatic carbocycles. The predicted octanol–water partition coefficient (Wildman–Crippen LogP) is 1.53. The third-order valence-corrected chi connectivity index (χ3v) is 3.69. The highest BCUT2D eigenvalue weighted by atomic mass is 16.3. The maximum atomic E-state index is 12.2. The molecule has 0 saturated heterocycles. The van der Waals surface area contributed by atoms with E-state index in [1.165, 1.54) is 17.3 Å². The number of para-hydroxylation sites is 1. The van der Waals surface area contributed by atoms with E-state index in [0.717, 1.165) is 0 Å². The summed E-state index contributed by atoms with van der Waals surface area (Å²) in [5.41, 5.74) is 5.68. The van der Waals surface area contributed by atoms with Crippen LogP contribution in [0.15, 0.2) is 52.2 Å². The molecule has 0 atom stereocenters. The Morgan fingerprint density at radius 1 is 1.08 bits per heavy atom. The van der Waals surface area contributed by atoms with Crippen LogP contribution < -0.4 is 15.9 Å². The van der Waals surface area contributed by atoms with Gasteiger partial charge in [-0.3, -0.25) is 25.2 Å². The summed E-state index contributed by atoms with van der Waals surface area (Å²) < 4.78 is 5.04. The third-order valence-electron chi connectivity index (χ3n) is 3.69. The summed E-state index contributed by atoms with van der Waals surface area (Å²) in [6.07, 6.45) is 1.76. The second-order valence-corrected chi connectivity index (χ2v) is 5.39. The summed E-state index contributed by atoms with van der Waals surface area (Å²) in [6.45, 7) is 1.64. The number of amides is 3. The molecule has 0 spiro atoms. The monoisotopic (exact) mass is 340 g/mol. The van der Waals surface area contributed by atoms with Crippen LogP contribution in [0.5, 0.6) is 0 Å². The molecule has 1 aliphatic rings. The van der Waals surface area contributed by atoms with E-state index in [9.17, 15) is 14.4 Å². The van der Waals surface area contributed by atoms with Gasteiger partial charge in [-0.15, -0.1) is 0 Å². The van der Waals surface area contributed by atoms with Crippen LogP contribution in [0.2, 0.25) is 0 Å². The van der Waals surface area contributed by atoms with E-state index in [1.54, 1.807) is 31.2 Å². The fraction of sp³-hybridized carbons (Fsp3) is 0.176. The van der Waals surface area contributed by atoms with Crippen molar-refractivity contribution in [2.75, 3.05) is 5.01 Å². The summed E-state index contributed by atoms with van der Waals surface area (Å²) in [6, 6.07) is 10.3. The lowest BCUT2D eigenvalue weighted by Crippen LogP contribution is -2.47. The Labute approximate surface area is 143 Å². The van der Waals surface area contributed by atoms with Crippen LogP contribution in [0, 0.1) is 6.92 Å². The fourth-order valence-corrected chi connectivity index (χ4v) is 2.36. The van der Waals surface area contributed by atoms with Gasteiger partial charge in [0.1, 0.15) is 11.5 Å². The number of anilines is 1. The molecule has 8 nitrogen and oxygen atoms in total. The molecule has 0 bridgehead atoms. The average Bonchev–Trinajstić information content (AvgIpc) is 3.06. The fourth-order valence-electron chi connectivity index (χ4n) is 2.36. The van der Waals surface area contributed by atoms with Gasteiger partial charge in [0.2, 0.25) is 5.91 Å². The van der Waals surface area contributed by atoms with Crippen molar-refractivity contribution in [2.45, 2.75) is 19.8 Å². The number of rotatable bonds is 3. The molecular formula is C17H16N4O4. The Morgan fingerprint density at radius 2 is 1.80 bits per heavy atom. The lowest BCUT2D eigenvalue weighted by atomic mass is 10.1. The number of hydrazone groups is 1. The number of benzene rings is 1. The first-order valence-electron chi connectivity index (χ1n) is 7.66. The molecule has 8 heteroatoms. The number of carbonyl (C=O) groups is 3. The van der Waals surface area contributed by atoms with Gasteiger partial charge in [-0.05, 0) is 25.1 Å². The van der Waals surface area contributed by atoms with E-state index in [4.69, 9.17) is 4.42 Å². The zero-order valence-electron chi connectivity index (χ0n) is 13.5. The zero-order chi connectivity index (χ0) is 17.8. The Bertz CT molecular complexity index is 841. The minimum absolute atomic E-state index is 0.160. The number of carbonyl (C=O) groups excluding carboxylic acids is 3. The molecule has 0 fully saturated rings. The number of furan rings is 1. The normalized spacial score (nSPS) is 14.0. The number of hydrazine groups is 1. The van der Waals surface area contributed by atoms with Crippen LogP contribution in [0.1, 0.15) is 29.0 Å². The van der Waals surface area contributed by atoms with Gasteiger partial charge in [0.05, 0.1) is 17.5 Å². The van der Waals surface area contributed by atoms with Gasteiger partial charge in [0.25, 0.3) is 11.8 Å². The van der Waals surface area contributed by atoms with Crippen LogP contribution >= 0.6 is 0 Å². The number of aryl methyl sites for hydroxylation is 1. The molecule has 0 aliphatic carbocycles. The van der Waals surface area contributed by atoms with E-state index in [0.29, 0.717) is 17.0 Å². The van der Waals surface area contributed by atoms with Crippen molar-refractivity contribution in [2.24, 2.45) is 5.10 Å². The molecule has 25 heavy (non-hydrogen) atoms.